The Morgan fingerprint density at radius 3 is 2.67 bits per heavy atom. The van der Waals surface area contributed by atoms with E-state index in [-0.39, 0.29) is 18.4 Å². The predicted molar refractivity (Wildman–Crippen MR) is 102 cm³/mol. The van der Waals surface area contributed by atoms with Gasteiger partial charge in [-0.2, -0.15) is 5.26 Å². The van der Waals surface area contributed by atoms with Crippen molar-refractivity contribution in [3.05, 3.63) is 59.7 Å². The molecule has 0 bridgehead atoms. The summed E-state index contributed by atoms with van der Waals surface area (Å²) in [5.74, 6) is 0.237. The molecule has 2 amide bonds. The number of carbonyl (C=O) groups is 2. The Kier molecular flexibility index (Phi) is 6.97. The lowest BCUT2D eigenvalue weighted by molar-refractivity contribution is -0.111. The highest BCUT2D eigenvalue weighted by molar-refractivity contribution is 6.07. The number of nitrogens with one attached hydrogen (secondary N) is 2. The van der Waals surface area contributed by atoms with Crippen LogP contribution in [0.3, 0.4) is 0 Å². The van der Waals surface area contributed by atoms with Crippen molar-refractivity contribution >= 4 is 23.6 Å². The summed E-state index contributed by atoms with van der Waals surface area (Å²) in [7, 11) is 3.02. The lowest BCUT2D eigenvalue weighted by Crippen LogP contribution is -2.20. The molecule has 27 heavy (non-hydrogen) atoms. The van der Waals surface area contributed by atoms with Crippen LogP contribution in [-0.2, 0) is 4.79 Å². The summed E-state index contributed by atoms with van der Waals surface area (Å²) in [6.45, 7) is -0.0846. The van der Waals surface area contributed by atoms with E-state index in [4.69, 9.17) is 14.7 Å². The summed E-state index contributed by atoms with van der Waals surface area (Å²) in [4.78, 5) is 24.0. The minimum atomic E-state index is -0.380. The van der Waals surface area contributed by atoms with E-state index in [1.165, 1.54) is 20.2 Å². The highest BCUT2D eigenvalue weighted by atomic mass is 16.5. The number of hydrogen-bond acceptors (Lipinski definition) is 5. The van der Waals surface area contributed by atoms with Crippen molar-refractivity contribution in [1.29, 1.82) is 5.26 Å². The van der Waals surface area contributed by atoms with Gasteiger partial charge in [0.05, 0.1) is 18.4 Å². The number of nitriles is 1. The Morgan fingerprint density at radius 1 is 1.19 bits per heavy atom. The lowest BCUT2D eigenvalue weighted by atomic mass is 10.1. The van der Waals surface area contributed by atoms with Gasteiger partial charge in [0.2, 0.25) is 5.91 Å². The Balaban J connectivity index is 2.11. The van der Waals surface area contributed by atoms with Crippen molar-refractivity contribution in [2.45, 2.75) is 0 Å². The second-order valence-electron chi connectivity index (χ2n) is 5.30. The number of amides is 2. The molecule has 138 valence electrons. The van der Waals surface area contributed by atoms with Crippen LogP contribution in [0.25, 0.3) is 6.08 Å². The molecule has 0 atom stereocenters. The van der Waals surface area contributed by atoms with Crippen LogP contribution in [-0.4, -0.2) is 32.6 Å². The molecule has 0 aromatic heterocycles. The topological polar surface area (TPSA) is 100 Å². The van der Waals surface area contributed by atoms with Gasteiger partial charge in [0.1, 0.15) is 6.07 Å². The van der Waals surface area contributed by atoms with Gasteiger partial charge in [-0.3, -0.25) is 9.59 Å². The van der Waals surface area contributed by atoms with Crippen LogP contribution in [0, 0.1) is 11.3 Å². The summed E-state index contributed by atoms with van der Waals surface area (Å²) in [5, 5.41) is 13.8. The van der Waals surface area contributed by atoms with Gasteiger partial charge in [-0.25, -0.2) is 0 Å². The maximum Gasteiger partial charge on any atom is 0.253 e. The minimum absolute atomic E-state index is 0.0846. The number of ether oxygens (including phenoxy) is 2. The number of benzene rings is 2. The third-order valence-electron chi connectivity index (χ3n) is 3.56. The van der Waals surface area contributed by atoms with Gasteiger partial charge in [-0.1, -0.05) is 18.2 Å². The molecule has 0 saturated heterocycles. The van der Waals surface area contributed by atoms with Crippen LogP contribution in [0.4, 0.5) is 5.69 Å². The molecular formula is C20H19N3O4. The van der Waals surface area contributed by atoms with Gasteiger partial charge < -0.3 is 20.1 Å². The highest BCUT2D eigenvalue weighted by Crippen LogP contribution is 2.28. The minimum Gasteiger partial charge on any atom is -0.493 e. The van der Waals surface area contributed by atoms with Gasteiger partial charge in [0, 0.05) is 13.1 Å². The maximum atomic E-state index is 12.2. The van der Waals surface area contributed by atoms with E-state index >= 15 is 0 Å². The number of hydrogen-bond donors (Lipinski definition) is 2. The number of anilines is 1. The number of methoxy groups -OCH3 is 1. The molecule has 7 heteroatoms. The zero-order valence-corrected chi connectivity index (χ0v) is 15.0. The molecule has 2 aromatic carbocycles. The summed E-state index contributed by atoms with van der Waals surface area (Å²) < 4.78 is 10.5. The summed E-state index contributed by atoms with van der Waals surface area (Å²) in [5.41, 5.74) is 1.51. The number of nitrogens with zero attached hydrogens (tertiary/aromatic N) is 1. The SMILES string of the molecule is CNC(=O)c1ccccc1NC(=O)/C=C/c1ccc(OCC#N)c(OC)c1. The molecule has 0 unspecified atom stereocenters. The molecule has 7 nitrogen and oxygen atoms in total. The zero-order chi connectivity index (χ0) is 19.6. The molecular weight excluding hydrogens is 346 g/mol. The zero-order valence-electron chi connectivity index (χ0n) is 15.0. The molecule has 0 heterocycles. The van der Waals surface area contributed by atoms with Crippen LogP contribution in [0.5, 0.6) is 11.5 Å². The normalized spacial score (nSPS) is 10.1. The molecule has 0 aliphatic carbocycles. The van der Waals surface area contributed by atoms with Crippen molar-refractivity contribution < 1.29 is 19.1 Å². The van der Waals surface area contributed by atoms with Crippen LogP contribution in [0.15, 0.2) is 48.5 Å². The van der Waals surface area contributed by atoms with E-state index < -0.39 is 0 Å². The molecule has 0 aliphatic heterocycles. The lowest BCUT2D eigenvalue weighted by Gasteiger charge is -2.09. The summed E-state index contributed by atoms with van der Waals surface area (Å²) in [6, 6.07) is 13.7. The van der Waals surface area contributed by atoms with Crippen LogP contribution in [0.1, 0.15) is 15.9 Å². The van der Waals surface area contributed by atoms with Crippen LogP contribution >= 0.6 is 0 Å². The fourth-order valence-corrected chi connectivity index (χ4v) is 2.29. The van der Waals surface area contributed by atoms with Gasteiger partial charge in [0.25, 0.3) is 5.91 Å². The molecule has 0 radical (unpaired) electrons. The standard InChI is InChI=1S/C20H19N3O4/c1-22-20(25)15-5-3-4-6-16(15)23-19(24)10-8-14-7-9-17(27-12-11-21)18(13-14)26-2/h3-10,13H,12H2,1-2H3,(H,22,25)(H,23,24)/b10-8+. The first-order valence-electron chi connectivity index (χ1n) is 8.07. The molecule has 0 saturated carbocycles. The monoisotopic (exact) mass is 365 g/mol. The number of para-hydroxylation sites is 1. The van der Waals surface area contributed by atoms with Crippen molar-refractivity contribution in [3.63, 3.8) is 0 Å². The third kappa shape index (κ3) is 5.34. The Morgan fingerprint density at radius 2 is 1.96 bits per heavy atom. The fraction of sp³-hybridized carbons (Fsp3) is 0.150. The Hall–Kier alpha value is -3.79. The van der Waals surface area contributed by atoms with E-state index in [2.05, 4.69) is 10.6 Å². The van der Waals surface area contributed by atoms with Crippen molar-refractivity contribution in [2.24, 2.45) is 0 Å². The number of carbonyl (C=O) groups excluding carboxylic acids is 2. The summed E-state index contributed by atoms with van der Waals surface area (Å²) >= 11 is 0. The van der Waals surface area contributed by atoms with Gasteiger partial charge >= 0.3 is 0 Å². The third-order valence-corrected chi connectivity index (χ3v) is 3.56. The summed E-state index contributed by atoms with van der Waals surface area (Å²) in [6.07, 6.45) is 2.96. The quantitative estimate of drug-likeness (QED) is 0.735. The average Bonchev–Trinajstić information content (AvgIpc) is 2.70. The first kappa shape index (κ1) is 19.5. The number of rotatable bonds is 7. The first-order valence-corrected chi connectivity index (χ1v) is 8.07. The van der Waals surface area contributed by atoms with Gasteiger partial charge in [-0.15, -0.1) is 0 Å². The van der Waals surface area contributed by atoms with E-state index in [1.807, 2.05) is 6.07 Å². The van der Waals surface area contributed by atoms with Gasteiger partial charge in [-0.05, 0) is 35.9 Å². The van der Waals surface area contributed by atoms with Crippen LogP contribution in [0.2, 0.25) is 0 Å². The van der Waals surface area contributed by atoms with E-state index in [1.54, 1.807) is 48.5 Å². The Bertz CT molecular complexity index is 900. The second-order valence-corrected chi connectivity index (χ2v) is 5.30. The first-order chi connectivity index (χ1) is 13.1. The second kappa shape index (κ2) is 9.63. The molecule has 0 aliphatic rings. The van der Waals surface area contributed by atoms with Gasteiger partial charge in [0.15, 0.2) is 18.1 Å². The smallest absolute Gasteiger partial charge is 0.253 e. The van der Waals surface area contributed by atoms with Crippen molar-refractivity contribution in [3.8, 4) is 17.6 Å². The van der Waals surface area contributed by atoms with Crippen molar-refractivity contribution in [1.82, 2.24) is 5.32 Å². The Labute approximate surface area is 157 Å². The highest BCUT2D eigenvalue weighted by Gasteiger charge is 2.10. The van der Waals surface area contributed by atoms with Crippen LogP contribution < -0.4 is 20.1 Å². The predicted octanol–water partition coefficient (Wildman–Crippen LogP) is 2.61. The fourth-order valence-electron chi connectivity index (χ4n) is 2.29. The maximum absolute atomic E-state index is 12.2. The largest absolute Gasteiger partial charge is 0.493 e. The molecule has 0 fully saturated rings. The molecule has 2 rings (SSSR count). The molecule has 0 spiro atoms. The van der Waals surface area contributed by atoms with E-state index in [0.29, 0.717) is 28.3 Å². The molecule has 2 N–H and O–H groups in total. The van der Waals surface area contributed by atoms with E-state index in [0.717, 1.165) is 0 Å². The van der Waals surface area contributed by atoms with E-state index in [9.17, 15) is 9.59 Å². The molecule has 2 aromatic rings. The average molecular weight is 365 g/mol. The van der Waals surface area contributed by atoms with Crippen molar-refractivity contribution in [2.75, 3.05) is 26.1 Å².